The van der Waals surface area contributed by atoms with Crippen LogP contribution in [0.25, 0.3) is 0 Å². The van der Waals surface area contributed by atoms with Crippen LogP contribution in [0, 0.1) is 0 Å². The fourth-order valence-corrected chi connectivity index (χ4v) is 3.62. The number of halogens is 7. The molecule has 0 spiro atoms. The van der Waals surface area contributed by atoms with Crippen LogP contribution in [-0.4, -0.2) is 13.1 Å². The molecule has 3 nitrogen and oxygen atoms in total. The van der Waals surface area contributed by atoms with Crippen LogP contribution < -0.4 is 5.32 Å². The maximum absolute atomic E-state index is 12.8. The molecular formula is C19H16BrF6N3. The van der Waals surface area contributed by atoms with E-state index in [-0.39, 0.29) is 18.7 Å². The summed E-state index contributed by atoms with van der Waals surface area (Å²) < 4.78 is 78.1. The van der Waals surface area contributed by atoms with E-state index in [0.29, 0.717) is 18.7 Å². The first-order valence-corrected chi connectivity index (χ1v) is 9.52. The van der Waals surface area contributed by atoms with Gasteiger partial charge in [-0.3, -0.25) is 0 Å². The van der Waals surface area contributed by atoms with Gasteiger partial charge in [0.1, 0.15) is 0 Å². The Morgan fingerprint density at radius 1 is 0.966 bits per heavy atom. The minimum absolute atomic E-state index is 0.0659. The van der Waals surface area contributed by atoms with Crippen molar-refractivity contribution in [3.8, 4) is 0 Å². The second-order valence-corrected chi connectivity index (χ2v) is 7.53. The summed E-state index contributed by atoms with van der Waals surface area (Å²) in [6, 6.07) is 7.34. The van der Waals surface area contributed by atoms with E-state index in [4.69, 9.17) is 0 Å². The van der Waals surface area contributed by atoms with Gasteiger partial charge in [0.15, 0.2) is 0 Å². The zero-order valence-electron chi connectivity index (χ0n) is 14.9. The maximum atomic E-state index is 12.8. The normalized spacial score (nSPS) is 17.1. The molecule has 2 aromatic carbocycles. The van der Waals surface area contributed by atoms with Crippen LogP contribution in [0.1, 0.15) is 34.7 Å². The number of azo groups is 1. The summed E-state index contributed by atoms with van der Waals surface area (Å²) in [5, 5.41) is 10.6. The van der Waals surface area contributed by atoms with Gasteiger partial charge in [0, 0.05) is 17.1 Å². The highest BCUT2D eigenvalue weighted by atomic mass is 79.9. The zero-order valence-corrected chi connectivity index (χ0v) is 16.5. The molecular weight excluding hydrogens is 464 g/mol. The number of fused-ring (bicyclic) bond motifs is 1. The van der Waals surface area contributed by atoms with E-state index in [1.54, 1.807) is 0 Å². The van der Waals surface area contributed by atoms with Gasteiger partial charge in [0.25, 0.3) is 0 Å². The van der Waals surface area contributed by atoms with Crippen LogP contribution in [0.5, 0.6) is 0 Å². The largest absolute Gasteiger partial charge is 0.416 e. The summed E-state index contributed by atoms with van der Waals surface area (Å²) in [7, 11) is 0. The second-order valence-electron chi connectivity index (χ2n) is 6.62. The molecule has 0 aliphatic heterocycles. The van der Waals surface area contributed by atoms with Gasteiger partial charge >= 0.3 is 12.4 Å². The monoisotopic (exact) mass is 479 g/mol. The van der Waals surface area contributed by atoms with Crippen molar-refractivity contribution in [2.24, 2.45) is 10.2 Å². The third-order valence-electron chi connectivity index (χ3n) is 4.54. The van der Waals surface area contributed by atoms with Crippen molar-refractivity contribution < 1.29 is 26.3 Å². The van der Waals surface area contributed by atoms with E-state index in [1.165, 1.54) is 11.1 Å². The number of nitrogens with zero attached hydrogens (tertiary/aromatic N) is 2. The summed E-state index contributed by atoms with van der Waals surface area (Å²) in [6.45, 7) is 0.523. The van der Waals surface area contributed by atoms with Crippen LogP contribution in [0.15, 0.2) is 51.1 Å². The first-order valence-electron chi connectivity index (χ1n) is 8.73. The lowest BCUT2D eigenvalue weighted by Crippen LogP contribution is -2.22. The highest BCUT2D eigenvalue weighted by molar-refractivity contribution is 9.10. The fourth-order valence-electron chi connectivity index (χ4n) is 3.21. The molecule has 1 N–H and O–H groups in total. The van der Waals surface area contributed by atoms with Gasteiger partial charge in [-0.25, -0.2) is 0 Å². The number of aryl methyl sites for hydroxylation is 1. The molecule has 0 fully saturated rings. The minimum Gasteiger partial charge on any atom is -0.308 e. The van der Waals surface area contributed by atoms with E-state index in [0.717, 1.165) is 17.3 Å². The number of rotatable bonds is 5. The van der Waals surface area contributed by atoms with E-state index in [1.807, 2.05) is 12.1 Å². The number of nitrogens with one attached hydrogen (secondary N) is 1. The topological polar surface area (TPSA) is 36.8 Å². The Hall–Kier alpha value is -1.94. The van der Waals surface area contributed by atoms with E-state index in [2.05, 4.69) is 37.5 Å². The Balaban J connectivity index is 1.62. The van der Waals surface area contributed by atoms with Gasteiger partial charge in [0.2, 0.25) is 0 Å². The second kappa shape index (κ2) is 8.43. The standard InChI is InChI=1S/C19H16BrF6N3/c20-14-2-3-16-11(7-14)1-4-17(16)27-5-6-28-29-15-9-12(18(21,22)23)8-13(10-15)19(24,25)26/h2-3,7-10,17,27H,1,4-6H2. The summed E-state index contributed by atoms with van der Waals surface area (Å²) in [6.07, 6.45) is -7.97. The van der Waals surface area contributed by atoms with Gasteiger partial charge in [-0.2, -0.15) is 36.6 Å². The number of hydrogen-bond donors (Lipinski definition) is 1. The minimum atomic E-state index is -4.90. The molecule has 0 amide bonds. The average molecular weight is 480 g/mol. The van der Waals surface area contributed by atoms with Gasteiger partial charge < -0.3 is 5.32 Å². The van der Waals surface area contributed by atoms with Crippen molar-refractivity contribution in [2.45, 2.75) is 31.2 Å². The fraction of sp³-hybridized carbons (Fsp3) is 0.368. The number of hydrogen-bond acceptors (Lipinski definition) is 3. The molecule has 29 heavy (non-hydrogen) atoms. The third kappa shape index (κ3) is 5.57. The van der Waals surface area contributed by atoms with Crippen LogP contribution in [0.4, 0.5) is 32.0 Å². The molecule has 1 unspecified atom stereocenters. The molecule has 0 radical (unpaired) electrons. The van der Waals surface area contributed by atoms with Gasteiger partial charge in [-0.05, 0) is 54.3 Å². The summed E-state index contributed by atoms with van der Waals surface area (Å²) in [4.78, 5) is 0. The van der Waals surface area contributed by atoms with Crippen LogP contribution in [0.2, 0.25) is 0 Å². The Bertz CT molecular complexity index is 876. The predicted molar refractivity (Wildman–Crippen MR) is 99.0 cm³/mol. The van der Waals surface area contributed by atoms with Crippen LogP contribution >= 0.6 is 15.9 Å². The molecule has 10 heteroatoms. The molecule has 1 atom stereocenters. The molecule has 0 heterocycles. The lowest BCUT2D eigenvalue weighted by molar-refractivity contribution is -0.143. The van der Waals surface area contributed by atoms with E-state index in [9.17, 15) is 26.3 Å². The molecule has 1 aliphatic rings. The first-order chi connectivity index (χ1) is 13.5. The Kier molecular flexibility index (Phi) is 6.33. The molecule has 0 saturated carbocycles. The summed E-state index contributed by atoms with van der Waals surface area (Å²) in [5.74, 6) is 0. The SMILES string of the molecule is FC(F)(F)c1cc(N=NCCNC2CCc3cc(Br)ccc32)cc(C(F)(F)F)c1. The molecule has 1 aliphatic carbocycles. The zero-order chi connectivity index (χ0) is 21.2. The Morgan fingerprint density at radius 2 is 1.62 bits per heavy atom. The number of benzene rings is 2. The molecule has 0 bridgehead atoms. The lowest BCUT2D eigenvalue weighted by Gasteiger charge is -2.13. The molecule has 2 aromatic rings. The maximum Gasteiger partial charge on any atom is 0.416 e. The lowest BCUT2D eigenvalue weighted by atomic mass is 10.1. The molecule has 156 valence electrons. The molecule has 0 saturated heterocycles. The van der Waals surface area contributed by atoms with Crippen molar-refractivity contribution >= 4 is 21.6 Å². The quantitative estimate of drug-likeness (QED) is 0.284. The highest BCUT2D eigenvalue weighted by Crippen LogP contribution is 2.38. The summed E-state index contributed by atoms with van der Waals surface area (Å²) >= 11 is 3.43. The van der Waals surface area contributed by atoms with Crippen molar-refractivity contribution in [3.63, 3.8) is 0 Å². The molecule has 3 rings (SSSR count). The molecule has 0 aromatic heterocycles. The van der Waals surface area contributed by atoms with Crippen LogP contribution in [0.3, 0.4) is 0 Å². The van der Waals surface area contributed by atoms with E-state index < -0.39 is 29.2 Å². The highest BCUT2D eigenvalue weighted by Gasteiger charge is 2.37. The van der Waals surface area contributed by atoms with Crippen molar-refractivity contribution in [3.05, 3.63) is 63.1 Å². The number of alkyl halides is 6. The van der Waals surface area contributed by atoms with Gasteiger partial charge in [0.05, 0.1) is 23.4 Å². The Labute approximate surface area is 171 Å². The van der Waals surface area contributed by atoms with Gasteiger partial charge in [-0.15, -0.1) is 0 Å². The average Bonchev–Trinajstić information content (AvgIpc) is 3.01. The first kappa shape index (κ1) is 21.8. The van der Waals surface area contributed by atoms with Gasteiger partial charge in [-0.1, -0.05) is 22.0 Å². The summed E-state index contributed by atoms with van der Waals surface area (Å²) in [5.41, 5.74) is -0.885. The van der Waals surface area contributed by atoms with Crippen molar-refractivity contribution in [2.75, 3.05) is 13.1 Å². The smallest absolute Gasteiger partial charge is 0.308 e. The van der Waals surface area contributed by atoms with Crippen LogP contribution in [-0.2, 0) is 18.8 Å². The Morgan fingerprint density at radius 3 is 2.24 bits per heavy atom. The predicted octanol–water partition coefficient (Wildman–Crippen LogP) is 6.85. The van der Waals surface area contributed by atoms with E-state index >= 15 is 0 Å². The van der Waals surface area contributed by atoms with Crippen molar-refractivity contribution in [1.82, 2.24) is 5.32 Å². The van der Waals surface area contributed by atoms with Crippen molar-refractivity contribution in [1.29, 1.82) is 0 Å². The third-order valence-corrected chi connectivity index (χ3v) is 5.04.